The maximum absolute atomic E-state index is 11.9. The van der Waals surface area contributed by atoms with Crippen LogP contribution >= 0.6 is 0 Å². The Kier molecular flexibility index (Phi) is 3.60. The van der Waals surface area contributed by atoms with Gasteiger partial charge in [0, 0.05) is 4.91 Å². The van der Waals surface area contributed by atoms with E-state index in [4.69, 9.17) is 0 Å². The molecule has 0 bridgehead atoms. The summed E-state index contributed by atoms with van der Waals surface area (Å²) in [4.78, 5) is 0.345. The van der Waals surface area contributed by atoms with Crippen LogP contribution in [0, 0.1) is 5.41 Å². The van der Waals surface area contributed by atoms with Gasteiger partial charge in [-0.15, -0.1) is 0 Å². The summed E-state index contributed by atoms with van der Waals surface area (Å²) >= 11 is 0. The monoisotopic (exact) mass is 218 g/mol. The molecule has 14 heavy (non-hydrogen) atoms. The molecule has 0 saturated carbocycles. The van der Waals surface area contributed by atoms with Crippen molar-refractivity contribution in [3.05, 3.63) is 11.5 Å². The molecule has 0 N–H and O–H groups in total. The van der Waals surface area contributed by atoms with Gasteiger partial charge in [0.15, 0.2) is 9.84 Å². The Morgan fingerprint density at radius 3 is 1.64 bits per heavy atom. The van der Waals surface area contributed by atoms with Gasteiger partial charge in [-0.25, -0.2) is 8.42 Å². The van der Waals surface area contributed by atoms with Crippen LogP contribution in [0.15, 0.2) is 11.5 Å². The second-order valence-electron chi connectivity index (χ2n) is 5.89. The van der Waals surface area contributed by atoms with Crippen LogP contribution in [0.1, 0.15) is 48.0 Å². The van der Waals surface area contributed by atoms with Gasteiger partial charge in [-0.1, -0.05) is 27.4 Å². The molecule has 0 aliphatic carbocycles. The van der Waals surface area contributed by atoms with Gasteiger partial charge in [-0.2, -0.15) is 0 Å². The molecule has 0 radical (unpaired) electrons. The molecule has 0 saturated heterocycles. The van der Waals surface area contributed by atoms with Crippen LogP contribution < -0.4 is 0 Å². The van der Waals surface area contributed by atoms with Gasteiger partial charge in [0.25, 0.3) is 0 Å². The third-order valence-corrected chi connectivity index (χ3v) is 4.43. The lowest BCUT2D eigenvalue weighted by Gasteiger charge is -2.25. The quantitative estimate of drug-likeness (QED) is 0.713. The summed E-state index contributed by atoms with van der Waals surface area (Å²) in [6.07, 6.45) is 0.520. The fraction of sp³-hybridized carbons (Fsp3) is 0.818. The molecule has 0 unspecified atom stereocenters. The average molecular weight is 218 g/mol. The van der Waals surface area contributed by atoms with Crippen LogP contribution in [0.5, 0.6) is 0 Å². The van der Waals surface area contributed by atoms with Crippen LogP contribution in [-0.2, 0) is 9.84 Å². The SMILES string of the molecule is C=C(CC(C)(C)C)S(=O)(=O)C(C)(C)C. The van der Waals surface area contributed by atoms with Crippen LogP contribution in [0.2, 0.25) is 0 Å². The third-order valence-electron chi connectivity index (χ3n) is 1.91. The molecule has 0 rings (SSSR count). The summed E-state index contributed by atoms with van der Waals surface area (Å²) in [5, 5.41) is 0. The second-order valence-corrected chi connectivity index (χ2v) is 8.70. The summed E-state index contributed by atoms with van der Waals surface area (Å²) in [7, 11) is -3.20. The minimum atomic E-state index is -3.20. The largest absolute Gasteiger partial charge is 0.224 e. The molecular weight excluding hydrogens is 196 g/mol. The predicted molar refractivity (Wildman–Crippen MR) is 61.9 cm³/mol. The maximum atomic E-state index is 11.9. The molecule has 2 nitrogen and oxygen atoms in total. The van der Waals surface area contributed by atoms with Gasteiger partial charge in [-0.3, -0.25) is 0 Å². The highest BCUT2D eigenvalue weighted by Crippen LogP contribution is 2.31. The van der Waals surface area contributed by atoms with E-state index in [1.54, 1.807) is 20.8 Å². The topological polar surface area (TPSA) is 34.1 Å². The smallest absolute Gasteiger partial charge is 0.178 e. The first-order valence-electron chi connectivity index (χ1n) is 4.80. The van der Waals surface area contributed by atoms with Crippen LogP contribution in [0.25, 0.3) is 0 Å². The highest BCUT2D eigenvalue weighted by atomic mass is 32.2. The third kappa shape index (κ3) is 3.45. The number of hydrogen-bond donors (Lipinski definition) is 0. The zero-order chi connectivity index (χ0) is 11.8. The molecule has 3 heteroatoms. The van der Waals surface area contributed by atoms with E-state index in [1.165, 1.54) is 0 Å². The van der Waals surface area contributed by atoms with Gasteiger partial charge in [0.2, 0.25) is 0 Å². The lowest BCUT2D eigenvalue weighted by Crippen LogP contribution is -2.30. The highest BCUT2D eigenvalue weighted by Gasteiger charge is 2.33. The molecule has 0 amide bonds. The standard InChI is InChI=1S/C11H22O2S/c1-9(8-10(2,3)4)14(12,13)11(5,6)7/h1,8H2,2-7H3. The predicted octanol–water partition coefficient (Wildman–Crippen LogP) is 3.15. The molecule has 0 spiro atoms. The summed E-state index contributed by atoms with van der Waals surface area (Å²) in [6, 6.07) is 0. The van der Waals surface area contributed by atoms with E-state index in [0.717, 1.165) is 0 Å². The van der Waals surface area contributed by atoms with Crippen molar-refractivity contribution in [2.45, 2.75) is 52.7 Å². The molecular formula is C11H22O2S. The van der Waals surface area contributed by atoms with Crippen molar-refractivity contribution in [3.63, 3.8) is 0 Å². The van der Waals surface area contributed by atoms with E-state index in [9.17, 15) is 8.42 Å². The Morgan fingerprint density at radius 1 is 1.07 bits per heavy atom. The van der Waals surface area contributed by atoms with Crippen LogP contribution in [0.4, 0.5) is 0 Å². The van der Waals surface area contributed by atoms with Crippen LogP contribution in [-0.4, -0.2) is 13.2 Å². The van der Waals surface area contributed by atoms with Crippen molar-refractivity contribution in [1.82, 2.24) is 0 Å². The van der Waals surface area contributed by atoms with Gasteiger partial charge in [0.1, 0.15) is 0 Å². The van der Waals surface area contributed by atoms with Gasteiger partial charge in [0.05, 0.1) is 4.75 Å². The minimum Gasteiger partial charge on any atom is -0.224 e. The Bertz CT molecular complexity index is 310. The number of allylic oxidation sites excluding steroid dienone is 1. The molecule has 0 fully saturated rings. The Balaban J connectivity index is 4.91. The van der Waals surface area contributed by atoms with Crippen LogP contribution in [0.3, 0.4) is 0 Å². The zero-order valence-electron chi connectivity index (χ0n) is 10.1. The normalized spacial score (nSPS) is 14.1. The lowest BCUT2D eigenvalue weighted by atomic mass is 9.92. The fourth-order valence-corrected chi connectivity index (χ4v) is 2.61. The Labute approximate surface area is 88.3 Å². The summed E-state index contributed by atoms with van der Waals surface area (Å²) in [5.41, 5.74) is -0.0323. The van der Waals surface area contributed by atoms with E-state index in [0.29, 0.717) is 11.3 Å². The first kappa shape index (κ1) is 13.7. The molecule has 0 aromatic carbocycles. The first-order valence-corrected chi connectivity index (χ1v) is 6.29. The molecule has 0 atom stereocenters. The van der Waals surface area contributed by atoms with E-state index < -0.39 is 14.6 Å². The van der Waals surface area contributed by atoms with Gasteiger partial charge < -0.3 is 0 Å². The van der Waals surface area contributed by atoms with E-state index in [1.807, 2.05) is 20.8 Å². The first-order chi connectivity index (χ1) is 5.88. The van der Waals surface area contributed by atoms with Crippen molar-refractivity contribution in [2.24, 2.45) is 5.41 Å². The number of hydrogen-bond acceptors (Lipinski definition) is 2. The molecule has 0 aromatic heterocycles. The highest BCUT2D eigenvalue weighted by molar-refractivity contribution is 7.96. The Morgan fingerprint density at radius 2 is 1.43 bits per heavy atom. The average Bonchev–Trinajstić information content (AvgIpc) is 1.80. The molecule has 84 valence electrons. The summed E-state index contributed by atoms with van der Waals surface area (Å²) in [6.45, 7) is 14.8. The van der Waals surface area contributed by atoms with E-state index in [-0.39, 0.29) is 5.41 Å². The molecule has 0 aliphatic heterocycles. The van der Waals surface area contributed by atoms with Crippen molar-refractivity contribution in [3.8, 4) is 0 Å². The van der Waals surface area contributed by atoms with E-state index >= 15 is 0 Å². The van der Waals surface area contributed by atoms with Gasteiger partial charge in [-0.05, 0) is 32.6 Å². The lowest BCUT2D eigenvalue weighted by molar-refractivity contribution is 0.414. The minimum absolute atomic E-state index is 0.0323. The summed E-state index contributed by atoms with van der Waals surface area (Å²) in [5.74, 6) is 0. The molecule has 0 aliphatic rings. The second kappa shape index (κ2) is 3.69. The van der Waals surface area contributed by atoms with Crippen molar-refractivity contribution in [1.29, 1.82) is 0 Å². The summed E-state index contributed by atoms with van der Waals surface area (Å²) < 4.78 is 23.1. The zero-order valence-corrected chi connectivity index (χ0v) is 11.0. The Hall–Kier alpha value is -0.310. The molecule has 0 aromatic rings. The fourth-order valence-electron chi connectivity index (χ4n) is 1.12. The van der Waals surface area contributed by atoms with Crippen molar-refractivity contribution < 1.29 is 8.42 Å². The van der Waals surface area contributed by atoms with Crippen molar-refractivity contribution >= 4 is 9.84 Å². The number of rotatable bonds is 2. The molecule has 0 heterocycles. The van der Waals surface area contributed by atoms with E-state index in [2.05, 4.69) is 6.58 Å². The number of sulfone groups is 1. The maximum Gasteiger partial charge on any atom is 0.178 e. The van der Waals surface area contributed by atoms with Crippen molar-refractivity contribution in [2.75, 3.05) is 0 Å². The van der Waals surface area contributed by atoms with Gasteiger partial charge >= 0.3 is 0 Å².